The zero-order valence-corrected chi connectivity index (χ0v) is 23.2. The van der Waals surface area contributed by atoms with Gasteiger partial charge in [0.2, 0.25) is 6.30 Å². The van der Waals surface area contributed by atoms with Crippen molar-refractivity contribution in [2.24, 2.45) is 0 Å². The van der Waals surface area contributed by atoms with Crippen molar-refractivity contribution >= 4 is 17.2 Å². The maximum absolute atomic E-state index is 13.9. The molecule has 5 heterocycles. The number of nitrogens with zero attached hydrogens (tertiary/aromatic N) is 5. The van der Waals surface area contributed by atoms with Crippen molar-refractivity contribution in [1.29, 1.82) is 0 Å². The van der Waals surface area contributed by atoms with E-state index >= 15 is 0 Å². The monoisotopic (exact) mass is 559 g/mol. The van der Waals surface area contributed by atoms with Crippen molar-refractivity contribution in [2.45, 2.75) is 65.1 Å². The number of carbonyl (C=O) groups excluding carboxylic acids is 1. The fraction of sp³-hybridized carbons (Fsp3) is 0.517. The molecule has 3 aromatic rings. The van der Waals surface area contributed by atoms with Crippen LogP contribution in [0.25, 0.3) is 22.5 Å². The Morgan fingerprint density at radius 1 is 1.15 bits per heavy atom. The fourth-order valence-corrected chi connectivity index (χ4v) is 5.62. The normalized spacial score (nSPS) is 19.5. The Morgan fingerprint density at radius 2 is 1.90 bits per heavy atom. The van der Waals surface area contributed by atoms with Crippen LogP contribution < -0.4 is 0 Å². The molecule has 0 aromatic carbocycles. The highest BCUT2D eigenvalue weighted by atomic mass is 19.3. The lowest BCUT2D eigenvalue weighted by atomic mass is 10.0. The molecule has 0 bridgehead atoms. The molecule has 0 aliphatic carbocycles. The molecule has 2 atom stereocenters. The molecule has 2 fully saturated rings. The topological polar surface area (TPSA) is 64.2 Å². The summed E-state index contributed by atoms with van der Waals surface area (Å²) in [5.74, 6) is -0.442. The average molecular weight is 560 g/mol. The molecule has 2 aliphatic rings. The SMILES string of the molecule is C=C(c1c(C)c(C(=O)OC(C)C)cc2c(-c3ccnn3C3CCCCO3)ccn12)N1CCN(C(F)C(F)F)CC1. The van der Waals surface area contributed by atoms with Gasteiger partial charge in [0.1, 0.15) is 0 Å². The number of piperazine rings is 1. The summed E-state index contributed by atoms with van der Waals surface area (Å²) >= 11 is 0. The number of hydrogen-bond acceptors (Lipinski definition) is 6. The third kappa shape index (κ3) is 5.36. The van der Waals surface area contributed by atoms with Gasteiger partial charge in [-0.05, 0) is 63.8 Å². The minimum absolute atomic E-state index is 0.138. The molecule has 2 saturated heterocycles. The number of fused-ring (bicyclic) bond motifs is 1. The average Bonchev–Trinajstić information content (AvgIpc) is 3.59. The van der Waals surface area contributed by atoms with E-state index in [1.807, 2.05) is 45.3 Å². The number of rotatable bonds is 8. The summed E-state index contributed by atoms with van der Waals surface area (Å²) in [5.41, 5.74) is 4.95. The summed E-state index contributed by atoms with van der Waals surface area (Å²) in [6.07, 6.45) is 0.818. The number of carbonyl (C=O) groups is 1. The highest BCUT2D eigenvalue weighted by molar-refractivity contribution is 5.96. The van der Waals surface area contributed by atoms with Crippen LogP contribution in [0.2, 0.25) is 0 Å². The van der Waals surface area contributed by atoms with Crippen LogP contribution in [0, 0.1) is 6.92 Å². The molecule has 5 rings (SSSR count). The van der Waals surface area contributed by atoms with Crippen molar-refractivity contribution < 1.29 is 27.4 Å². The molecule has 40 heavy (non-hydrogen) atoms. The van der Waals surface area contributed by atoms with Gasteiger partial charge in [-0.2, -0.15) is 5.10 Å². The van der Waals surface area contributed by atoms with Crippen molar-refractivity contribution in [3.63, 3.8) is 0 Å². The number of aromatic nitrogens is 3. The van der Waals surface area contributed by atoms with Gasteiger partial charge in [0.25, 0.3) is 6.43 Å². The van der Waals surface area contributed by atoms with Crippen LogP contribution >= 0.6 is 0 Å². The zero-order valence-electron chi connectivity index (χ0n) is 23.2. The molecule has 0 radical (unpaired) electrons. The Balaban J connectivity index is 1.56. The van der Waals surface area contributed by atoms with Gasteiger partial charge in [-0.15, -0.1) is 0 Å². The summed E-state index contributed by atoms with van der Waals surface area (Å²) in [6, 6.07) is 5.75. The quantitative estimate of drug-likeness (QED) is 0.267. The van der Waals surface area contributed by atoms with Crippen LogP contribution in [0.4, 0.5) is 13.2 Å². The van der Waals surface area contributed by atoms with Gasteiger partial charge in [0.05, 0.1) is 34.3 Å². The molecule has 11 heteroatoms. The number of alkyl halides is 3. The van der Waals surface area contributed by atoms with Crippen molar-refractivity contribution in [2.75, 3.05) is 32.8 Å². The minimum atomic E-state index is -3.05. The molecule has 0 N–H and O–H groups in total. The molecule has 3 aromatic heterocycles. The van der Waals surface area contributed by atoms with Gasteiger partial charge in [0, 0.05) is 50.7 Å². The minimum Gasteiger partial charge on any atom is -0.459 e. The first kappa shape index (κ1) is 28.2. The van der Waals surface area contributed by atoms with Crippen LogP contribution in [0.15, 0.2) is 37.2 Å². The molecule has 216 valence electrons. The highest BCUT2D eigenvalue weighted by Crippen LogP contribution is 2.35. The van der Waals surface area contributed by atoms with Crippen LogP contribution in [0.3, 0.4) is 0 Å². The lowest BCUT2D eigenvalue weighted by molar-refractivity contribution is -0.0604. The molecular formula is C29H36F3N5O3. The third-order valence-corrected chi connectivity index (χ3v) is 7.67. The fourth-order valence-electron chi connectivity index (χ4n) is 5.62. The number of halogens is 3. The summed E-state index contributed by atoms with van der Waals surface area (Å²) in [5, 5.41) is 4.56. The van der Waals surface area contributed by atoms with E-state index < -0.39 is 18.7 Å². The molecule has 0 spiro atoms. The van der Waals surface area contributed by atoms with E-state index in [2.05, 4.69) is 11.7 Å². The molecule has 2 unspecified atom stereocenters. The largest absolute Gasteiger partial charge is 0.459 e. The standard InChI is InChI=1S/C29H36F3N5O3/c1-18(2)40-29(38)22-17-24-21(23-8-10-33-37(23)25-7-5-6-16-39-25)9-11-36(24)26(19(22)3)20(4)34-12-14-35(15-13-34)28(32)27(30)31/h8-11,17-18,25,27-28H,4-7,12-16H2,1-3H3. The Hall–Kier alpha value is -3.31. The van der Waals surface area contributed by atoms with Crippen molar-refractivity contribution in [3.8, 4) is 11.3 Å². The van der Waals surface area contributed by atoms with Gasteiger partial charge < -0.3 is 18.8 Å². The van der Waals surface area contributed by atoms with Crippen LogP contribution in [0.1, 0.15) is 61.0 Å². The number of pyridine rings is 1. The lowest BCUT2D eigenvalue weighted by Gasteiger charge is -2.38. The van der Waals surface area contributed by atoms with E-state index in [1.54, 1.807) is 20.0 Å². The predicted molar refractivity (Wildman–Crippen MR) is 146 cm³/mol. The first-order valence-corrected chi connectivity index (χ1v) is 13.8. The van der Waals surface area contributed by atoms with Gasteiger partial charge in [-0.25, -0.2) is 22.6 Å². The second-order valence-corrected chi connectivity index (χ2v) is 10.6. The van der Waals surface area contributed by atoms with E-state index in [4.69, 9.17) is 9.47 Å². The maximum Gasteiger partial charge on any atom is 0.338 e. The Labute approximate surface area is 231 Å². The number of hydrogen-bond donors (Lipinski definition) is 0. The third-order valence-electron chi connectivity index (χ3n) is 7.67. The molecule has 0 amide bonds. The first-order valence-electron chi connectivity index (χ1n) is 13.8. The van der Waals surface area contributed by atoms with Gasteiger partial charge in [-0.3, -0.25) is 4.90 Å². The Bertz CT molecular complexity index is 1370. The summed E-state index contributed by atoms with van der Waals surface area (Å²) in [7, 11) is 0. The number of esters is 1. The van der Waals surface area contributed by atoms with Gasteiger partial charge >= 0.3 is 5.97 Å². The highest BCUT2D eigenvalue weighted by Gasteiger charge is 2.32. The summed E-state index contributed by atoms with van der Waals surface area (Å²) in [4.78, 5) is 16.4. The molecule has 0 saturated carbocycles. The van der Waals surface area contributed by atoms with Crippen LogP contribution in [0.5, 0.6) is 0 Å². The van der Waals surface area contributed by atoms with Gasteiger partial charge in [-0.1, -0.05) is 6.58 Å². The lowest BCUT2D eigenvalue weighted by Crippen LogP contribution is -2.50. The van der Waals surface area contributed by atoms with E-state index in [1.165, 1.54) is 0 Å². The maximum atomic E-state index is 13.9. The van der Waals surface area contributed by atoms with Crippen LogP contribution in [-0.4, -0.2) is 81.6 Å². The van der Waals surface area contributed by atoms with Gasteiger partial charge in [0.15, 0.2) is 6.23 Å². The molecule has 2 aliphatic heterocycles. The Kier molecular flexibility index (Phi) is 8.23. The van der Waals surface area contributed by atoms with Crippen LogP contribution in [-0.2, 0) is 9.47 Å². The first-order chi connectivity index (χ1) is 19.2. The predicted octanol–water partition coefficient (Wildman–Crippen LogP) is 5.52. The zero-order chi connectivity index (χ0) is 28.6. The van der Waals surface area contributed by atoms with E-state index in [0.717, 1.165) is 40.9 Å². The second kappa shape index (κ2) is 11.7. The second-order valence-electron chi connectivity index (χ2n) is 10.6. The summed E-state index contributed by atoms with van der Waals surface area (Å²) in [6.45, 7) is 11.4. The summed E-state index contributed by atoms with van der Waals surface area (Å²) < 4.78 is 55.3. The van der Waals surface area contributed by atoms with E-state index in [0.29, 0.717) is 42.2 Å². The van der Waals surface area contributed by atoms with Crippen molar-refractivity contribution in [1.82, 2.24) is 24.0 Å². The Morgan fingerprint density at radius 3 is 2.55 bits per heavy atom. The van der Waals surface area contributed by atoms with E-state index in [9.17, 15) is 18.0 Å². The molecule has 8 nitrogen and oxygen atoms in total. The van der Waals surface area contributed by atoms with Crippen molar-refractivity contribution in [3.05, 3.63) is 54.0 Å². The molecular weight excluding hydrogens is 523 g/mol. The van der Waals surface area contributed by atoms with E-state index in [-0.39, 0.29) is 25.4 Å². The smallest absolute Gasteiger partial charge is 0.338 e. The number of ether oxygens (including phenoxy) is 2.